The van der Waals surface area contributed by atoms with E-state index in [2.05, 4.69) is 19.0 Å². The Kier molecular flexibility index (Phi) is 9.14. The van der Waals surface area contributed by atoms with Gasteiger partial charge in [-0.25, -0.2) is 0 Å². The molecule has 0 spiro atoms. The molecule has 0 aromatic heterocycles. The zero-order valence-electron chi connectivity index (χ0n) is 12.0. The number of unbranched alkanes of at least 4 members (excludes halogenated alkanes) is 1. The van der Waals surface area contributed by atoms with Gasteiger partial charge < -0.3 is 9.94 Å². The zero-order chi connectivity index (χ0) is 13.1. The second kappa shape index (κ2) is 9.46. The van der Waals surface area contributed by atoms with Gasteiger partial charge in [0.25, 0.3) is 0 Å². The molecule has 1 N–H and O–H groups in total. The van der Waals surface area contributed by atoms with E-state index in [1.165, 1.54) is 0 Å². The molecule has 0 aliphatic rings. The van der Waals surface area contributed by atoms with Gasteiger partial charge in [0.1, 0.15) is 7.11 Å². The lowest BCUT2D eigenvalue weighted by Crippen LogP contribution is -2.23. The molecule has 0 aliphatic carbocycles. The highest BCUT2D eigenvalue weighted by Gasteiger charge is 2.17. The molecule has 0 bridgehead atoms. The summed E-state index contributed by atoms with van der Waals surface area (Å²) in [5.74, 6) is 0. The van der Waals surface area contributed by atoms with Gasteiger partial charge in [0.05, 0.1) is 11.3 Å². The summed E-state index contributed by atoms with van der Waals surface area (Å²) in [7, 11) is 1.60. The van der Waals surface area contributed by atoms with Crippen LogP contribution >= 0.6 is 0 Å². The molecule has 3 nitrogen and oxygen atoms in total. The summed E-state index contributed by atoms with van der Waals surface area (Å²) in [4.78, 5) is 4.83. The third-order valence-corrected chi connectivity index (χ3v) is 2.98. The zero-order valence-corrected chi connectivity index (χ0v) is 12.0. The summed E-state index contributed by atoms with van der Waals surface area (Å²) in [5.41, 5.74) is 0.656. The number of rotatable bonds is 10. The Morgan fingerprint density at radius 3 is 2.35 bits per heavy atom. The van der Waals surface area contributed by atoms with Gasteiger partial charge in [-0.15, -0.1) is 0 Å². The van der Waals surface area contributed by atoms with Crippen molar-refractivity contribution in [3.8, 4) is 0 Å². The highest BCUT2D eigenvalue weighted by molar-refractivity contribution is 5.83. The summed E-state index contributed by atoms with van der Waals surface area (Å²) in [6.45, 7) is 6.20. The van der Waals surface area contributed by atoms with Crippen LogP contribution in [0.1, 0.15) is 72.1 Å². The molecule has 3 heteroatoms. The molecular formula is C14H29NO2. The van der Waals surface area contributed by atoms with Crippen LogP contribution in [0.3, 0.4) is 0 Å². The highest BCUT2D eigenvalue weighted by Crippen LogP contribution is 2.20. The third-order valence-electron chi connectivity index (χ3n) is 2.98. The molecule has 1 unspecified atom stereocenters. The first-order valence-electron chi connectivity index (χ1n) is 6.87. The van der Waals surface area contributed by atoms with Gasteiger partial charge in [-0.2, -0.15) is 0 Å². The first-order valence-corrected chi connectivity index (χ1v) is 6.87. The van der Waals surface area contributed by atoms with E-state index >= 15 is 0 Å². The Bertz CT molecular complexity index is 212. The Balaban J connectivity index is 3.78. The fourth-order valence-corrected chi connectivity index (χ4v) is 2.13. The Morgan fingerprint density at radius 2 is 1.82 bits per heavy atom. The molecule has 0 aromatic rings. The molecule has 0 radical (unpaired) electrons. The smallest absolute Gasteiger partial charge is 0.106 e. The van der Waals surface area contributed by atoms with Crippen LogP contribution in [-0.2, 0) is 4.84 Å². The van der Waals surface area contributed by atoms with E-state index < -0.39 is 5.60 Å². The van der Waals surface area contributed by atoms with Crippen LogP contribution in [0.4, 0.5) is 0 Å². The molecule has 17 heavy (non-hydrogen) atoms. The van der Waals surface area contributed by atoms with Crippen molar-refractivity contribution in [2.24, 2.45) is 5.16 Å². The van der Waals surface area contributed by atoms with Crippen molar-refractivity contribution in [3.63, 3.8) is 0 Å². The van der Waals surface area contributed by atoms with Gasteiger partial charge in [-0.1, -0.05) is 38.3 Å². The average Bonchev–Trinajstić information content (AvgIpc) is 2.25. The fourth-order valence-electron chi connectivity index (χ4n) is 2.13. The van der Waals surface area contributed by atoms with E-state index in [0.29, 0.717) is 0 Å². The SMILES string of the molecule is CCC/C(CCCCC(C)(O)CCC)=N\OC. The van der Waals surface area contributed by atoms with Crippen molar-refractivity contribution in [1.82, 2.24) is 0 Å². The molecule has 0 heterocycles. The Morgan fingerprint density at radius 1 is 1.12 bits per heavy atom. The highest BCUT2D eigenvalue weighted by atomic mass is 16.6. The predicted octanol–water partition coefficient (Wildman–Crippen LogP) is 3.90. The first kappa shape index (κ1) is 16.4. The van der Waals surface area contributed by atoms with Crippen LogP contribution in [0.15, 0.2) is 5.16 Å². The standard InChI is InChI=1S/C14H29NO2/c1-5-9-13(15-17-4)10-7-8-12-14(3,16)11-6-2/h16H,5-12H2,1-4H3/b15-13+. The minimum atomic E-state index is -0.488. The number of oxime groups is 1. The van der Waals surface area contributed by atoms with Crippen LogP contribution in [0.25, 0.3) is 0 Å². The Labute approximate surface area is 106 Å². The maximum absolute atomic E-state index is 10.0. The van der Waals surface area contributed by atoms with Crippen molar-refractivity contribution in [2.75, 3.05) is 7.11 Å². The molecule has 0 rings (SSSR count). The lowest BCUT2D eigenvalue weighted by Gasteiger charge is -2.22. The van der Waals surface area contributed by atoms with Gasteiger partial charge in [0.15, 0.2) is 0 Å². The number of hydrogen-bond donors (Lipinski definition) is 1. The average molecular weight is 243 g/mol. The largest absolute Gasteiger partial charge is 0.399 e. The fraction of sp³-hybridized carbons (Fsp3) is 0.929. The summed E-state index contributed by atoms with van der Waals surface area (Å²) < 4.78 is 0. The topological polar surface area (TPSA) is 41.8 Å². The Hall–Kier alpha value is -0.570. The molecule has 0 saturated carbocycles. The van der Waals surface area contributed by atoms with E-state index in [-0.39, 0.29) is 0 Å². The van der Waals surface area contributed by atoms with Crippen LogP contribution < -0.4 is 0 Å². The van der Waals surface area contributed by atoms with Crippen molar-refractivity contribution in [2.45, 2.75) is 77.7 Å². The van der Waals surface area contributed by atoms with E-state index in [0.717, 1.165) is 57.1 Å². The first-order chi connectivity index (χ1) is 8.05. The molecule has 0 amide bonds. The van der Waals surface area contributed by atoms with Gasteiger partial charge in [-0.05, 0) is 39.0 Å². The van der Waals surface area contributed by atoms with Crippen LogP contribution in [0.5, 0.6) is 0 Å². The van der Waals surface area contributed by atoms with E-state index in [4.69, 9.17) is 4.84 Å². The lowest BCUT2D eigenvalue weighted by atomic mass is 9.93. The quantitative estimate of drug-likeness (QED) is 0.359. The summed E-state index contributed by atoms with van der Waals surface area (Å²) >= 11 is 0. The molecular weight excluding hydrogens is 214 g/mol. The van der Waals surface area contributed by atoms with Gasteiger partial charge in [0.2, 0.25) is 0 Å². The monoisotopic (exact) mass is 243 g/mol. The third kappa shape index (κ3) is 9.16. The molecule has 0 aliphatic heterocycles. The number of hydrogen-bond acceptors (Lipinski definition) is 3. The molecule has 0 fully saturated rings. The second-order valence-electron chi connectivity index (χ2n) is 5.04. The van der Waals surface area contributed by atoms with Crippen LogP contribution in [0.2, 0.25) is 0 Å². The molecule has 1 atom stereocenters. The van der Waals surface area contributed by atoms with Crippen molar-refractivity contribution >= 4 is 5.71 Å². The van der Waals surface area contributed by atoms with Gasteiger partial charge >= 0.3 is 0 Å². The molecule has 0 saturated heterocycles. The van der Waals surface area contributed by atoms with E-state index in [9.17, 15) is 5.11 Å². The minimum absolute atomic E-state index is 0.488. The van der Waals surface area contributed by atoms with Gasteiger partial charge in [0, 0.05) is 0 Å². The van der Waals surface area contributed by atoms with E-state index in [1.807, 2.05) is 6.92 Å². The maximum atomic E-state index is 10.0. The van der Waals surface area contributed by atoms with Gasteiger partial charge in [-0.3, -0.25) is 0 Å². The lowest BCUT2D eigenvalue weighted by molar-refractivity contribution is 0.0389. The minimum Gasteiger partial charge on any atom is -0.399 e. The van der Waals surface area contributed by atoms with Crippen molar-refractivity contribution < 1.29 is 9.94 Å². The molecule has 0 aromatic carbocycles. The summed E-state index contributed by atoms with van der Waals surface area (Å²) in [6, 6.07) is 0. The second-order valence-corrected chi connectivity index (χ2v) is 5.04. The van der Waals surface area contributed by atoms with Crippen LogP contribution in [-0.4, -0.2) is 23.5 Å². The summed E-state index contributed by atoms with van der Waals surface area (Å²) in [6.07, 6.45) is 8.06. The predicted molar refractivity (Wildman–Crippen MR) is 73.4 cm³/mol. The number of nitrogens with zero attached hydrogens (tertiary/aromatic N) is 1. The summed E-state index contributed by atoms with van der Waals surface area (Å²) in [5, 5.41) is 14.1. The normalized spacial score (nSPS) is 15.7. The maximum Gasteiger partial charge on any atom is 0.106 e. The van der Waals surface area contributed by atoms with E-state index in [1.54, 1.807) is 7.11 Å². The van der Waals surface area contributed by atoms with Crippen LogP contribution in [0, 0.1) is 0 Å². The number of aliphatic hydroxyl groups is 1. The van der Waals surface area contributed by atoms with Crippen molar-refractivity contribution in [3.05, 3.63) is 0 Å². The molecule has 102 valence electrons. The van der Waals surface area contributed by atoms with Crippen molar-refractivity contribution in [1.29, 1.82) is 0 Å².